The van der Waals surface area contributed by atoms with Crippen LogP contribution in [0, 0.1) is 5.41 Å². The first-order valence-corrected chi connectivity index (χ1v) is 10.5. The summed E-state index contributed by atoms with van der Waals surface area (Å²) < 4.78 is 6.07. The molecular formula is C24H32N3OS+. The molecule has 1 fully saturated rings. The molecule has 0 bridgehead atoms. The van der Waals surface area contributed by atoms with Gasteiger partial charge in [0.05, 0.1) is 0 Å². The average molecular weight is 411 g/mol. The van der Waals surface area contributed by atoms with E-state index in [1.807, 2.05) is 36.4 Å². The number of rotatable bonds is 6. The van der Waals surface area contributed by atoms with Crippen molar-refractivity contribution in [2.45, 2.75) is 52.7 Å². The summed E-state index contributed by atoms with van der Waals surface area (Å²) >= 11 is 5.68. The summed E-state index contributed by atoms with van der Waals surface area (Å²) in [5.41, 5.74) is 0.989. The van der Waals surface area contributed by atoms with E-state index in [2.05, 4.69) is 74.1 Å². The molecule has 1 saturated heterocycles. The van der Waals surface area contributed by atoms with Gasteiger partial charge in [0.25, 0.3) is 10.9 Å². The maximum Gasteiger partial charge on any atom is 0.275 e. The zero-order valence-electron chi connectivity index (χ0n) is 18.0. The zero-order chi connectivity index (χ0) is 21.1. The number of thiocarbonyl (C=S) groups is 1. The average Bonchev–Trinajstić information content (AvgIpc) is 2.88. The van der Waals surface area contributed by atoms with Crippen molar-refractivity contribution in [1.29, 1.82) is 0 Å². The van der Waals surface area contributed by atoms with Crippen LogP contribution in [0.3, 0.4) is 0 Å². The van der Waals surface area contributed by atoms with Crippen LogP contribution in [0.5, 0.6) is 5.75 Å². The Kier molecular flexibility index (Phi) is 6.27. The predicted octanol–water partition coefficient (Wildman–Crippen LogP) is 3.13. The number of ether oxygens (including phenoxy) is 1. The topological polar surface area (TPSA) is 38.5 Å². The van der Waals surface area contributed by atoms with Gasteiger partial charge in [0.1, 0.15) is 23.9 Å². The third kappa shape index (κ3) is 5.15. The number of hydrogen-bond acceptors (Lipinski definition) is 2. The van der Waals surface area contributed by atoms with Crippen molar-refractivity contribution in [3.8, 4) is 5.75 Å². The monoisotopic (exact) mass is 410 g/mol. The third-order valence-electron chi connectivity index (χ3n) is 5.47. The summed E-state index contributed by atoms with van der Waals surface area (Å²) in [6.45, 7) is 12.4. The molecule has 0 radical (unpaired) electrons. The van der Waals surface area contributed by atoms with Crippen LogP contribution in [0.25, 0.3) is 0 Å². The van der Waals surface area contributed by atoms with Crippen molar-refractivity contribution in [2.24, 2.45) is 5.41 Å². The van der Waals surface area contributed by atoms with Gasteiger partial charge < -0.3 is 9.64 Å². The van der Waals surface area contributed by atoms with Crippen LogP contribution in [0.4, 0.5) is 0 Å². The first-order chi connectivity index (χ1) is 13.7. The Morgan fingerprint density at radius 1 is 1.03 bits per heavy atom. The van der Waals surface area contributed by atoms with Gasteiger partial charge in [-0.3, -0.25) is 4.99 Å². The second-order valence-electron chi connectivity index (χ2n) is 9.12. The number of nitrogens with zero attached hydrogens (tertiary/aromatic N) is 1. The molecule has 0 amide bonds. The minimum Gasteiger partial charge on any atom is -0.489 e. The molecule has 1 aliphatic rings. The lowest BCUT2D eigenvalue weighted by molar-refractivity contribution is -0.528. The molecule has 0 unspecified atom stereocenters. The molecule has 1 aliphatic heterocycles. The molecule has 4 nitrogen and oxygen atoms in total. The molecule has 1 atom stereocenters. The fourth-order valence-corrected chi connectivity index (χ4v) is 3.74. The molecule has 154 valence electrons. The minimum absolute atomic E-state index is 0.00795. The second-order valence-corrected chi connectivity index (χ2v) is 9.51. The van der Waals surface area contributed by atoms with E-state index in [9.17, 15) is 0 Å². The standard InChI is InChI=1S/C24H31N3OS/c1-23(2,3)20(17-28-19-14-10-7-11-15-19)25-21-24(4,5)27(22(29)26-21)16-18-12-8-6-9-13-18/h6-15,20H,16-17H2,1-5H3,(H,25,26,29)/p+1/t20-/m0/s1. The van der Waals surface area contributed by atoms with Crippen molar-refractivity contribution in [3.63, 3.8) is 0 Å². The number of amidine groups is 1. The van der Waals surface area contributed by atoms with E-state index in [0.29, 0.717) is 6.61 Å². The Balaban J connectivity index is 1.80. The van der Waals surface area contributed by atoms with Gasteiger partial charge in [0.2, 0.25) is 0 Å². The van der Waals surface area contributed by atoms with E-state index in [1.165, 1.54) is 5.56 Å². The van der Waals surface area contributed by atoms with Crippen LogP contribution in [0.15, 0.2) is 60.7 Å². The Hall–Kier alpha value is -2.40. The summed E-state index contributed by atoms with van der Waals surface area (Å²) in [6.07, 6.45) is 0. The first kappa shape index (κ1) is 21.3. The fourth-order valence-electron chi connectivity index (χ4n) is 3.34. The molecule has 3 rings (SSSR count). The Labute approximate surface area is 180 Å². The van der Waals surface area contributed by atoms with E-state index < -0.39 is 0 Å². The van der Waals surface area contributed by atoms with E-state index in [-0.39, 0.29) is 17.0 Å². The third-order valence-corrected chi connectivity index (χ3v) is 5.79. The van der Waals surface area contributed by atoms with Gasteiger partial charge in [-0.15, -0.1) is 0 Å². The van der Waals surface area contributed by atoms with Crippen molar-refractivity contribution < 1.29 is 9.73 Å². The van der Waals surface area contributed by atoms with Crippen molar-refractivity contribution in [1.82, 2.24) is 10.2 Å². The smallest absolute Gasteiger partial charge is 0.275 e. The second kappa shape index (κ2) is 8.54. The lowest BCUT2D eigenvalue weighted by Gasteiger charge is -2.30. The van der Waals surface area contributed by atoms with Crippen molar-refractivity contribution >= 4 is 23.2 Å². The fraction of sp³-hybridized carbons (Fsp3) is 0.417. The summed E-state index contributed by atoms with van der Waals surface area (Å²) in [7, 11) is 0. The van der Waals surface area contributed by atoms with Crippen molar-refractivity contribution in [2.75, 3.05) is 6.61 Å². The quantitative estimate of drug-likeness (QED) is 0.718. The molecule has 5 heteroatoms. The van der Waals surface area contributed by atoms with E-state index in [1.54, 1.807) is 0 Å². The van der Waals surface area contributed by atoms with Gasteiger partial charge in [-0.1, -0.05) is 69.3 Å². The van der Waals surface area contributed by atoms with Gasteiger partial charge in [-0.25, -0.2) is 5.32 Å². The lowest BCUT2D eigenvalue weighted by atomic mass is 9.87. The highest BCUT2D eigenvalue weighted by atomic mass is 32.1. The van der Waals surface area contributed by atoms with E-state index in [4.69, 9.17) is 17.0 Å². The molecule has 2 N–H and O–H groups in total. The predicted molar refractivity (Wildman–Crippen MR) is 123 cm³/mol. The van der Waals surface area contributed by atoms with Gasteiger partial charge in [-0.05, 0) is 43.8 Å². The molecule has 0 aromatic heterocycles. The van der Waals surface area contributed by atoms with Gasteiger partial charge in [0.15, 0.2) is 0 Å². The Morgan fingerprint density at radius 3 is 2.21 bits per heavy atom. The molecular weight excluding hydrogens is 378 g/mol. The zero-order valence-corrected chi connectivity index (χ0v) is 18.8. The Bertz CT molecular complexity index is 857. The van der Waals surface area contributed by atoms with Crippen molar-refractivity contribution in [3.05, 3.63) is 66.2 Å². The highest BCUT2D eigenvalue weighted by Crippen LogP contribution is 2.24. The van der Waals surface area contributed by atoms with Crippen LogP contribution < -0.4 is 15.0 Å². The number of para-hydroxylation sites is 1. The van der Waals surface area contributed by atoms with E-state index >= 15 is 0 Å². The summed E-state index contributed by atoms with van der Waals surface area (Å²) in [4.78, 5) is 5.95. The molecule has 2 aromatic carbocycles. The lowest BCUT2D eigenvalue weighted by Crippen LogP contribution is -2.88. The maximum atomic E-state index is 6.07. The van der Waals surface area contributed by atoms with Crippen LogP contribution in [-0.4, -0.2) is 34.0 Å². The van der Waals surface area contributed by atoms with E-state index in [0.717, 1.165) is 23.2 Å². The summed E-state index contributed by atoms with van der Waals surface area (Å²) in [5.74, 6) is 1.91. The molecule has 29 heavy (non-hydrogen) atoms. The largest absolute Gasteiger partial charge is 0.489 e. The minimum atomic E-state index is -0.261. The van der Waals surface area contributed by atoms with Crippen LogP contribution in [-0.2, 0) is 6.54 Å². The van der Waals surface area contributed by atoms with Gasteiger partial charge >= 0.3 is 0 Å². The highest BCUT2D eigenvalue weighted by Gasteiger charge is 2.48. The van der Waals surface area contributed by atoms with Crippen LogP contribution in [0.2, 0.25) is 0 Å². The molecule has 1 heterocycles. The summed E-state index contributed by atoms with van der Waals surface area (Å²) in [6, 6.07) is 20.5. The normalized spacial score (nSPS) is 18.6. The molecule has 0 aliphatic carbocycles. The molecule has 0 saturated carbocycles. The number of hydrogen-bond donors (Lipinski definition) is 2. The molecule has 0 spiro atoms. The molecule has 2 aromatic rings. The number of benzene rings is 2. The van der Waals surface area contributed by atoms with Gasteiger partial charge in [0, 0.05) is 12.0 Å². The summed E-state index contributed by atoms with van der Waals surface area (Å²) in [5, 5.41) is 4.17. The maximum absolute atomic E-state index is 6.07. The Morgan fingerprint density at radius 2 is 1.62 bits per heavy atom. The highest BCUT2D eigenvalue weighted by molar-refractivity contribution is 7.80. The van der Waals surface area contributed by atoms with Gasteiger partial charge in [-0.2, -0.15) is 0 Å². The van der Waals surface area contributed by atoms with Crippen LogP contribution in [0.1, 0.15) is 40.2 Å². The SMILES string of the molecule is CC(C)(C)[C@H](COc1ccccc1)[NH+]=C1NC(=S)N(Cc2ccccc2)C1(C)C. The van der Waals surface area contributed by atoms with Crippen LogP contribution >= 0.6 is 12.2 Å². The number of nitrogens with one attached hydrogen (secondary N) is 2. The first-order valence-electron chi connectivity index (χ1n) is 10.1.